The van der Waals surface area contributed by atoms with Crippen LogP contribution in [0.1, 0.15) is 16.1 Å². The monoisotopic (exact) mass is 414 g/mol. The molecule has 8 heteroatoms. The van der Waals surface area contributed by atoms with Crippen LogP contribution in [-0.2, 0) is 0 Å². The Kier molecular flexibility index (Phi) is 6.40. The van der Waals surface area contributed by atoms with Crippen molar-refractivity contribution in [1.82, 2.24) is 20.4 Å². The van der Waals surface area contributed by atoms with Crippen molar-refractivity contribution >= 4 is 34.2 Å². The number of hydrogen-bond donors (Lipinski definition) is 3. The minimum atomic E-state index is -0.401. The number of halogens is 2. The molecular formula is C16H20BrClN4O2. The summed E-state index contributed by atoms with van der Waals surface area (Å²) >= 11 is 3.40. The molecule has 2 aromatic rings. The van der Waals surface area contributed by atoms with Crippen molar-refractivity contribution in [2.45, 2.75) is 13.0 Å². The van der Waals surface area contributed by atoms with E-state index in [9.17, 15) is 9.90 Å². The SMILES string of the molecule is Cc1c(C(=O)NCC2CNCC2O)cnn1-c1ccc(Br)cc1.Cl. The molecule has 2 atom stereocenters. The average Bonchev–Trinajstić information content (AvgIpc) is 3.12. The molecule has 1 aliphatic rings. The van der Waals surface area contributed by atoms with Gasteiger partial charge in [-0.3, -0.25) is 4.79 Å². The van der Waals surface area contributed by atoms with Gasteiger partial charge >= 0.3 is 0 Å². The van der Waals surface area contributed by atoms with Crippen LogP contribution in [0.4, 0.5) is 0 Å². The van der Waals surface area contributed by atoms with Crippen LogP contribution in [0.15, 0.2) is 34.9 Å². The number of carbonyl (C=O) groups is 1. The van der Waals surface area contributed by atoms with Gasteiger partial charge in [0.05, 0.1) is 29.2 Å². The van der Waals surface area contributed by atoms with Crippen molar-refractivity contribution in [3.05, 3.63) is 46.2 Å². The highest BCUT2D eigenvalue weighted by molar-refractivity contribution is 9.10. The zero-order valence-electron chi connectivity index (χ0n) is 13.2. The number of nitrogens with one attached hydrogen (secondary N) is 2. The Morgan fingerprint density at radius 3 is 2.75 bits per heavy atom. The lowest BCUT2D eigenvalue weighted by atomic mass is 10.1. The molecule has 0 saturated carbocycles. The van der Waals surface area contributed by atoms with Crippen LogP contribution >= 0.6 is 28.3 Å². The highest BCUT2D eigenvalue weighted by Gasteiger charge is 2.25. The van der Waals surface area contributed by atoms with E-state index >= 15 is 0 Å². The Hall–Kier alpha value is -1.41. The van der Waals surface area contributed by atoms with E-state index in [0.29, 0.717) is 18.7 Å². The zero-order valence-corrected chi connectivity index (χ0v) is 15.6. The number of aromatic nitrogens is 2. The Labute approximate surface area is 155 Å². The van der Waals surface area contributed by atoms with Crippen molar-refractivity contribution in [1.29, 1.82) is 0 Å². The number of β-amino-alcohol motifs (C(OH)–C–C–N with tert-alkyl or cyclic N) is 1. The first-order valence-electron chi connectivity index (χ1n) is 7.54. The second kappa shape index (κ2) is 8.11. The molecule has 0 bridgehead atoms. The summed E-state index contributed by atoms with van der Waals surface area (Å²) in [5.41, 5.74) is 2.24. The molecule has 6 nitrogen and oxygen atoms in total. The fourth-order valence-electron chi connectivity index (χ4n) is 2.72. The van der Waals surface area contributed by atoms with Gasteiger partial charge in [-0.15, -0.1) is 12.4 Å². The average molecular weight is 416 g/mol. The molecule has 1 aromatic carbocycles. The number of rotatable bonds is 4. The number of hydrogen-bond acceptors (Lipinski definition) is 4. The van der Waals surface area contributed by atoms with Gasteiger partial charge in [0.1, 0.15) is 0 Å². The lowest BCUT2D eigenvalue weighted by Crippen LogP contribution is -2.34. The van der Waals surface area contributed by atoms with Crippen molar-refractivity contribution in [3.8, 4) is 5.69 Å². The van der Waals surface area contributed by atoms with Gasteiger partial charge in [-0.2, -0.15) is 5.10 Å². The van der Waals surface area contributed by atoms with Crippen LogP contribution in [0.2, 0.25) is 0 Å². The number of aliphatic hydroxyl groups is 1. The van der Waals surface area contributed by atoms with Gasteiger partial charge in [-0.05, 0) is 31.2 Å². The molecule has 3 N–H and O–H groups in total. The van der Waals surface area contributed by atoms with E-state index < -0.39 is 6.10 Å². The summed E-state index contributed by atoms with van der Waals surface area (Å²) in [6, 6.07) is 7.74. The number of amides is 1. The molecule has 2 unspecified atom stereocenters. The maximum absolute atomic E-state index is 12.4. The molecule has 0 spiro atoms. The first-order chi connectivity index (χ1) is 11.1. The largest absolute Gasteiger partial charge is 0.391 e. The molecule has 1 amide bonds. The maximum Gasteiger partial charge on any atom is 0.254 e. The minimum absolute atomic E-state index is 0. The smallest absolute Gasteiger partial charge is 0.254 e. The number of nitrogens with zero attached hydrogens (tertiary/aromatic N) is 2. The van der Waals surface area contributed by atoms with Crippen molar-refractivity contribution < 1.29 is 9.90 Å². The van der Waals surface area contributed by atoms with Gasteiger partial charge < -0.3 is 15.7 Å². The molecule has 130 valence electrons. The van der Waals surface area contributed by atoms with Crippen LogP contribution in [0, 0.1) is 12.8 Å². The highest BCUT2D eigenvalue weighted by Crippen LogP contribution is 2.17. The summed E-state index contributed by atoms with van der Waals surface area (Å²) in [5, 5.41) is 20.1. The van der Waals surface area contributed by atoms with Crippen molar-refractivity contribution in [3.63, 3.8) is 0 Å². The second-order valence-electron chi connectivity index (χ2n) is 5.73. The zero-order chi connectivity index (χ0) is 16.4. The van der Waals surface area contributed by atoms with Gasteiger partial charge in [-0.25, -0.2) is 4.68 Å². The minimum Gasteiger partial charge on any atom is -0.391 e. The molecule has 1 saturated heterocycles. The first kappa shape index (κ1) is 18.9. The van der Waals surface area contributed by atoms with Gasteiger partial charge in [0.15, 0.2) is 0 Å². The maximum atomic E-state index is 12.4. The Morgan fingerprint density at radius 1 is 1.42 bits per heavy atom. The summed E-state index contributed by atoms with van der Waals surface area (Å²) in [7, 11) is 0. The Morgan fingerprint density at radius 2 is 2.12 bits per heavy atom. The predicted octanol–water partition coefficient (Wildman–Crippen LogP) is 1.68. The van der Waals surface area contributed by atoms with E-state index in [1.54, 1.807) is 10.9 Å². The molecule has 1 aromatic heterocycles. The van der Waals surface area contributed by atoms with Crippen LogP contribution in [0.5, 0.6) is 0 Å². The lowest BCUT2D eigenvalue weighted by molar-refractivity contribution is 0.0926. The van der Waals surface area contributed by atoms with Crippen LogP contribution < -0.4 is 10.6 Å². The van der Waals surface area contributed by atoms with Gasteiger partial charge in [-0.1, -0.05) is 15.9 Å². The predicted molar refractivity (Wildman–Crippen MR) is 97.9 cm³/mol. The second-order valence-corrected chi connectivity index (χ2v) is 6.64. The van der Waals surface area contributed by atoms with Gasteiger partial charge in [0.25, 0.3) is 5.91 Å². The summed E-state index contributed by atoms with van der Waals surface area (Å²) in [5.74, 6) is -0.106. The molecule has 3 rings (SSSR count). The molecule has 2 heterocycles. The van der Waals surface area contributed by atoms with Crippen molar-refractivity contribution in [2.24, 2.45) is 5.92 Å². The van der Waals surface area contributed by atoms with E-state index in [1.807, 2.05) is 31.2 Å². The molecule has 1 fully saturated rings. The summed E-state index contributed by atoms with van der Waals surface area (Å²) < 4.78 is 2.74. The topological polar surface area (TPSA) is 79.2 Å². The van der Waals surface area contributed by atoms with E-state index in [-0.39, 0.29) is 24.2 Å². The molecular weight excluding hydrogens is 396 g/mol. The molecule has 24 heavy (non-hydrogen) atoms. The third kappa shape index (κ3) is 3.97. The highest BCUT2D eigenvalue weighted by atomic mass is 79.9. The fourth-order valence-corrected chi connectivity index (χ4v) is 2.99. The Bertz CT molecular complexity index is 705. The summed E-state index contributed by atoms with van der Waals surface area (Å²) in [6.45, 7) is 3.63. The number of benzene rings is 1. The summed E-state index contributed by atoms with van der Waals surface area (Å²) in [6.07, 6.45) is 1.18. The lowest BCUT2D eigenvalue weighted by Gasteiger charge is -2.14. The quantitative estimate of drug-likeness (QED) is 0.710. The van der Waals surface area contributed by atoms with Gasteiger partial charge in [0, 0.05) is 30.0 Å². The Balaban J connectivity index is 0.00000208. The standard InChI is InChI=1S/C16H19BrN4O2.ClH/c1-10-14(16(23)19-7-11-6-18-9-15(11)22)8-20-21(10)13-4-2-12(17)3-5-13;/h2-5,8,11,15,18,22H,6-7,9H2,1H3,(H,19,23);1H. The van der Waals surface area contributed by atoms with Crippen LogP contribution in [0.25, 0.3) is 5.69 Å². The van der Waals surface area contributed by atoms with E-state index in [1.165, 1.54) is 0 Å². The number of carbonyl (C=O) groups excluding carboxylic acids is 1. The molecule has 0 aliphatic carbocycles. The van der Waals surface area contributed by atoms with Crippen LogP contribution in [0.3, 0.4) is 0 Å². The van der Waals surface area contributed by atoms with E-state index in [2.05, 4.69) is 31.7 Å². The summed E-state index contributed by atoms with van der Waals surface area (Å²) in [4.78, 5) is 12.4. The normalized spacial score (nSPS) is 19.8. The van der Waals surface area contributed by atoms with E-state index in [0.717, 1.165) is 22.4 Å². The third-order valence-electron chi connectivity index (χ3n) is 4.15. The van der Waals surface area contributed by atoms with Gasteiger partial charge in [0.2, 0.25) is 0 Å². The molecule has 0 radical (unpaired) electrons. The van der Waals surface area contributed by atoms with Crippen LogP contribution in [-0.4, -0.2) is 46.5 Å². The third-order valence-corrected chi connectivity index (χ3v) is 4.68. The van der Waals surface area contributed by atoms with Crippen molar-refractivity contribution in [2.75, 3.05) is 19.6 Å². The first-order valence-corrected chi connectivity index (χ1v) is 8.33. The molecule has 1 aliphatic heterocycles. The van der Waals surface area contributed by atoms with E-state index in [4.69, 9.17) is 0 Å². The fraction of sp³-hybridized carbons (Fsp3) is 0.375. The number of aliphatic hydroxyl groups excluding tert-OH is 1.